The van der Waals surface area contributed by atoms with Crippen molar-refractivity contribution in [1.29, 1.82) is 0 Å². The van der Waals surface area contributed by atoms with E-state index in [4.69, 9.17) is 10.5 Å². The van der Waals surface area contributed by atoms with Crippen LogP contribution in [0.2, 0.25) is 0 Å². The van der Waals surface area contributed by atoms with E-state index >= 15 is 0 Å². The molecular weight excluding hydrogens is 424 g/mol. The summed E-state index contributed by atoms with van der Waals surface area (Å²) >= 11 is 0. The van der Waals surface area contributed by atoms with Crippen LogP contribution in [0.15, 0.2) is 12.3 Å². The van der Waals surface area contributed by atoms with Gasteiger partial charge in [-0.05, 0) is 57.3 Å². The number of aromatic nitrogens is 2. The molecule has 0 atom stereocenters. The van der Waals surface area contributed by atoms with E-state index in [2.05, 4.69) is 10.4 Å². The quantitative estimate of drug-likeness (QED) is 0.465. The Morgan fingerprint density at radius 2 is 1.85 bits per heavy atom. The molecule has 0 radical (unpaired) electrons. The minimum atomic E-state index is -0.884. The number of carbonyl (C=O) groups excluding carboxylic acids is 2. The predicted molar refractivity (Wildman–Crippen MR) is 122 cm³/mol. The number of primary amides is 1. The van der Waals surface area contributed by atoms with E-state index in [0.29, 0.717) is 50.2 Å². The highest BCUT2D eigenvalue weighted by atomic mass is 16.5. The van der Waals surface area contributed by atoms with Crippen LogP contribution in [0.5, 0.6) is 5.88 Å². The van der Waals surface area contributed by atoms with Crippen molar-refractivity contribution < 1.29 is 24.5 Å². The van der Waals surface area contributed by atoms with Crippen molar-refractivity contribution in [2.24, 2.45) is 28.9 Å². The summed E-state index contributed by atoms with van der Waals surface area (Å²) in [5.41, 5.74) is 3.23. The van der Waals surface area contributed by atoms with Crippen LogP contribution in [-0.2, 0) is 4.79 Å². The summed E-state index contributed by atoms with van der Waals surface area (Å²) in [5, 5.41) is 29.1. The number of hydrogen-bond acceptors (Lipinski definition) is 6. The number of hydrogen-bond donors (Lipinski definition) is 4. The fourth-order valence-corrected chi connectivity index (χ4v) is 5.86. The Labute approximate surface area is 194 Å². The molecule has 2 amide bonds. The number of aliphatic hydroxyl groups is 2. The largest absolute Gasteiger partial charge is 0.477 e. The molecule has 0 spiro atoms. The predicted octanol–water partition coefficient (Wildman–Crippen LogP) is 1.68. The zero-order valence-corrected chi connectivity index (χ0v) is 19.9. The van der Waals surface area contributed by atoms with Gasteiger partial charge < -0.3 is 26.0 Å². The van der Waals surface area contributed by atoms with Gasteiger partial charge in [-0.1, -0.05) is 19.9 Å². The van der Waals surface area contributed by atoms with Gasteiger partial charge in [-0.25, -0.2) is 4.68 Å². The molecule has 1 aromatic rings. The maximum Gasteiger partial charge on any atom is 0.258 e. The summed E-state index contributed by atoms with van der Waals surface area (Å²) in [6.07, 6.45) is 7.49. The maximum atomic E-state index is 13.3. The summed E-state index contributed by atoms with van der Waals surface area (Å²) in [4.78, 5) is 25.0. The molecule has 0 aromatic carbocycles. The molecular formula is C24H36N4O5. The molecule has 4 aliphatic rings. The second-order valence-corrected chi connectivity index (χ2v) is 11.4. The molecule has 0 unspecified atom stereocenters. The van der Waals surface area contributed by atoms with Crippen LogP contribution in [0.4, 0.5) is 0 Å². The Hall–Kier alpha value is -2.39. The first-order valence-electron chi connectivity index (χ1n) is 11.8. The maximum absolute atomic E-state index is 13.3. The van der Waals surface area contributed by atoms with Gasteiger partial charge in [0.2, 0.25) is 11.8 Å². The third-order valence-corrected chi connectivity index (χ3v) is 7.36. The van der Waals surface area contributed by atoms with Crippen LogP contribution in [0.3, 0.4) is 0 Å². The van der Waals surface area contributed by atoms with Crippen LogP contribution in [-0.4, -0.2) is 55.7 Å². The summed E-state index contributed by atoms with van der Waals surface area (Å²) in [6, 6.07) is -0.107. The summed E-state index contributed by atoms with van der Waals surface area (Å²) < 4.78 is 7.40. The molecule has 4 saturated carbocycles. The average Bonchev–Trinajstić information content (AvgIpc) is 3.08. The summed E-state index contributed by atoms with van der Waals surface area (Å²) in [5.74, 6) is -0.147. The van der Waals surface area contributed by atoms with Gasteiger partial charge in [-0.3, -0.25) is 9.59 Å². The number of ether oxygens (including phenoxy) is 1. The first kappa shape index (κ1) is 23.8. The van der Waals surface area contributed by atoms with Gasteiger partial charge in [0.25, 0.3) is 5.91 Å². The average molecular weight is 461 g/mol. The molecule has 5 rings (SSSR count). The van der Waals surface area contributed by atoms with Crippen LogP contribution in [0, 0.1) is 23.2 Å². The molecule has 9 nitrogen and oxygen atoms in total. The third-order valence-electron chi connectivity index (χ3n) is 7.36. The molecule has 4 bridgehead atoms. The number of carbonyl (C=O) groups is 2. The molecule has 1 aromatic heterocycles. The summed E-state index contributed by atoms with van der Waals surface area (Å²) in [7, 11) is 0. The number of nitrogens with one attached hydrogen (secondary N) is 1. The van der Waals surface area contributed by atoms with Crippen LogP contribution in [0.25, 0.3) is 6.20 Å². The lowest BCUT2D eigenvalue weighted by Crippen LogP contribution is -2.67. The smallest absolute Gasteiger partial charge is 0.258 e. The lowest BCUT2D eigenvalue weighted by molar-refractivity contribution is -0.207. The van der Waals surface area contributed by atoms with E-state index < -0.39 is 22.5 Å². The van der Waals surface area contributed by atoms with E-state index in [1.807, 2.05) is 13.8 Å². The fraction of sp³-hybridized carbons (Fsp3) is 0.708. The third kappa shape index (κ3) is 4.66. The van der Waals surface area contributed by atoms with Gasteiger partial charge >= 0.3 is 0 Å². The molecule has 0 saturated heterocycles. The minimum absolute atomic E-state index is 0.0385. The molecule has 4 fully saturated rings. The monoisotopic (exact) mass is 460 g/mol. The van der Waals surface area contributed by atoms with E-state index in [-0.39, 0.29) is 29.7 Å². The Morgan fingerprint density at radius 3 is 2.36 bits per heavy atom. The van der Waals surface area contributed by atoms with Crippen molar-refractivity contribution in [3.63, 3.8) is 0 Å². The first-order chi connectivity index (χ1) is 15.3. The lowest BCUT2D eigenvalue weighted by atomic mass is 9.50. The molecule has 33 heavy (non-hydrogen) atoms. The van der Waals surface area contributed by atoms with Crippen molar-refractivity contribution in [2.75, 3.05) is 6.61 Å². The Balaban J connectivity index is 1.55. The standard InChI is InChI=1S/C24H36N4O5/c1-14(2)12-33-20-17(11-26-28(20)6-5-22(3,4)21(25)30)19(29)27-18-15-7-23(31)9-16(18)10-24(32,8-15)13-23/h5-6,11,14-16,18,31-32H,7-10,12-13H2,1-4H3,(H2,25,30)(H,27,29). The molecule has 5 N–H and O–H groups in total. The zero-order chi connectivity index (χ0) is 24.2. The van der Waals surface area contributed by atoms with Crippen molar-refractivity contribution in [3.8, 4) is 5.88 Å². The highest BCUT2D eigenvalue weighted by Gasteiger charge is 2.60. The Kier molecular flexibility index (Phi) is 5.85. The molecule has 182 valence electrons. The number of nitrogens with zero attached hydrogens (tertiary/aromatic N) is 2. The normalized spacial score (nSPS) is 33.1. The molecule has 0 aliphatic heterocycles. The lowest BCUT2D eigenvalue weighted by Gasteiger charge is -2.61. The fourth-order valence-electron chi connectivity index (χ4n) is 5.86. The van der Waals surface area contributed by atoms with Gasteiger partial charge in [0.1, 0.15) is 5.56 Å². The van der Waals surface area contributed by atoms with Crippen LogP contribution < -0.4 is 15.8 Å². The van der Waals surface area contributed by atoms with Crippen LogP contribution in [0.1, 0.15) is 70.2 Å². The van der Waals surface area contributed by atoms with Crippen molar-refractivity contribution >= 4 is 18.0 Å². The Bertz CT molecular complexity index is 930. The van der Waals surface area contributed by atoms with E-state index in [0.717, 1.165) is 0 Å². The topological polar surface area (TPSA) is 140 Å². The van der Waals surface area contributed by atoms with Crippen molar-refractivity contribution in [1.82, 2.24) is 15.1 Å². The van der Waals surface area contributed by atoms with Gasteiger partial charge in [0, 0.05) is 18.7 Å². The molecule has 9 heteroatoms. The Morgan fingerprint density at radius 1 is 1.27 bits per heavy atom. The second kappa shape index (κ2) is 8.13. The number of nitrogens with two attached hydrogens (primary N) is 1. The van der Waals surface area contributed by atoms with Crippen molar-refractivity contribution in [3.05, 3.63) is 17.8 Å². The SMILES string of the molecule is CC(C)COc1c(C(=O)NC2C3CC4(O)CC2CC(O)(C3)C4)cnn1C=CC(C)(C)C(N)=O. The van der Waals surface area contributed by atoms with Gasteiger partial charge in [-0.2, -0.15) is 5.10 Å². The van der Waals surface area contributed by atoms with Crippen LogP contribution >= 0.6 is 0 Å². The number of rotatable bonds is 8. The second-order valence-electron chi connectivity index (χ2n) is 11.4. The van der Waals surface area contributed by atoms with Gasteiger partial charge in [-0.15, -0.1) is 0 Å². The van der Waals surface area contributed by atoms with Gasteiger partial charge in [0.15, 0.2) is 0 Å². The van der Waals surface area contributed by atoms with E-state index in [9.17, 15) is 19.8 Å². The van der Waals surface area contributed by atoms with Crippen molar-refractivity contribution in [2.45, 2.75) is 77.0 Å². The first-order valence-corrected chi connectivity index (χ1v) is 11.8. The molecule has 1 heterocycles. The van der Waals surface area contributed by atoms with E-state index in [1.54, 1.807) is 26.1 Å². The highest BCUT2D eigenvalue weighted by Crippen LogP contribution is 2.57. The van der Waals surface area contributed by atoms with Gasteiger partial charge in [0.05, 0.1) is 29.4 Å². The minimum Gasteiger partial charge on any atom is -0.477 e. The zero-order valence-electron chi connectivity index (χ0n) is 19.9. The summed E-state index contributed by atoms with van der Waals surface area (Å²) in [6.45, 7) is 7.82. The number of amides is 2. The highest BCUT2D eigenvalue weighted by molar-refractivity contribution is 5.96. The van der Waals surface area contributed by atoms with E-state index in [1.165, 1.54) is 10.9 Å². The molecule has 4 aliphatic carbocycles.